The summed E-state index contributed by atoms with van der Waals surface area (Å²) < 4.78 is 13.9. The zero-order valence-corrected chi connectivity index (χ0v) is 12.2. The number of carbonyl (C=O) groups excluding carboxylic acids is 2. The second kappa shape index (κ2) is 5.38. The van der Waals surface area contributed by atoms with Crippen LogP contribution in [-0.4, -0.2) is 52.6 Å². The smallest absolute Gasteiger partial charge is 0.343 e. The molecule has 0 aliphatic carbocycles. The number of nitrogens with zero attached hydrogens (tertiary/aromatic N) is 1. The van der Waals surface area contributed by atoms with Gasteiger partial charge in [0.05, 0.1) is 6.54 Å². The molecule has 0 bridgehead atoms. The highest BCUT2D eigenvalue weighted by Gasteiger charge is 2.47. The molecule has 1 rings (SSSR count). The molecular formula is C13H21FN2O4. The quantitative estimate of drug-likeness (QED) is 0.794. The molecule has 0 aromatic carbocycles. The average Bonchev–Trinajstić information content (AvgIpc) is 2.71. The van der Waals surface area contributed by atoms with Crippen molar-refractivity contribution in [1.82, 2.24) is 10.2 Å². The summed E-state index contributed by atoms with van der Waals surface area (Å²) in [6.07, 6.45) is -0.228. The molecule has 2 unspecified atom stereocenters. The van der Waals surface area contributed by atoms with E-state index < -0.39 is 35.5 Å². The van der Waals surface area contributed by atoms with Crippen molar-refractivity contribution >= 4 is 17.8 Å². The first-order valence-corrected chi connectivity index (χ1v) is 6.49. The van der Waals surface area contributed by atoms with Crippen LogP contribution in [0.25, 0.3) is 0 Å². The average molecular weight is 288 g/mol. The van der Waals surface area contributed by atoms with E-state index in [1.165, 1.54) is 6.92 Å². The van der Waals surface area contributed by atoms with Crippen LogP contribution >= 0.6 is 0 Å². The fourth-order valence-corrected chi connectivity index (χ4v) is 1.88. The first-order valence-electron chi connectivity index (χ1n) is 6.49. The first kappa shape index (κ1) is 16.4. The van der Waals surface area contributed by atoms with Crippen LogP contribution in [0.3, 0.4) is 0 Å². The Bertz CT molecular complexity index is 433. The summed E-state index contributed by atoms with van der Waals surface area (Å²) in [7, 11) is 0. The van der Waals surface area contributed by atoms with Gasteiger partial charge in [0.25, 0.3) is 0 Å². The van der Waals surface area contributed by atoms with Crippen LogP contribution in [-0.2, 0) is 14.4 Å². The Kier molecular flexibility index (Phi) is 4.41. The van der Waals surface area contributed by atoms with Crippen LogP contribution in [0.1, 0.15) is 34.1 Å². The summed E-state index contributed by atoms with van der Waals surface area (Å²) in [5.74, 6) is -2.31. The molecule has 20 heavy (non-hydrogen) atoms. The van der Waals surface area contributed by atoms with Gasteiger partial charge in [-0.1, -0.05) is 20.8 Å². The van der Waals surface area contributed by atoms with Crippen LogP contribution in [0, 0.1) is 5.41 Å². The maximum Gasteiger partial charge on any atom is 0.343 e. The number of aliphatic carboxylic acids is 1. The predicted octanol–water partition coefficient (Wildman–Crippen LogP) is 0.562. The van der Waals surface area contributed by atoms with Gasteiger partial charge in [-0.15, -0.1) is 0 Å². The number of carboxylic acids is 1. The molecule has 0 radical (unpaired) electrons. The molecule has 0 aromatic rings. The molecule has 1 aliphatic rings. The molecule has 0 aromatic heterocycles. The number of hydrogen-bond donors (Lipinski definition) is 2. The first-order chi connectivity index (χ1) is 8.97. The fourth-order valence-electron chi connectivity index (χ4n) is 1.88. The Labute approximate surface area is 117 Å². The van der Waals surface area contributed by atoms with Gasteiger partial charge < -0.3 is 15.3 Å². The van der Waals surface area contributed by atoms with Gasteiger partial charge in [0.1, 0.15) is 6.04 Å². The van der Waals surface area contributed by atoms with Crippen LogP contribution in [0.15, 0.2) is 0 Å². The van der Waals surface area contributed by atoms with Gasteiger partial charge in [-0.2, -0.15) is 0 Å². The van der Waals surface area contributed by atoms with E-state index in [1.807, 2.05) is 0 Å². The Morgan fingerprint density at radius 3 is 2.30 bits per heavy atom. The van der Waals surface area contributed by atoms with Crippen molar-refractivity contribution in [2.24, 2.45) is 5.41 Å². The van der Waals surface area contributed by atoms with Crippen molar-refractivity contribution in [2.45, 2.75) is 45.8 Å². The molecule has 1 aliphatic heterocycles. The predicted molar refractivity (Wildman–Crippen MR) is 69.7 cm³/mol. The molecule has 0 spiro atoms. The van der Waals surface area contributed by atoms with Gasteiger partial charge >= 0.3 is 5.97 Å². The highest BCUT2D eigenvalue weighted by molar-refractivity contribution is 5.90. The number of amides is 2. The fraction of sp³-hybridized carbons (Fsp3) is 0.769. The van der Waals surface area contributed by atoms with E-state index in [2.05, 4.69) is 5.32 Å². The van der Waals surface area contributed by atoms with Crippen molar-refractivity contribution in [1.29, 1.82) is 0 Å². The van der Waals surface area contributed by atoms with Crippen LogP contribution in [0.4, 0.5) is 4.39 Å². The van der Waals surface area contributed by atoms with Crippen molar-refractivity contribution in [3.63, 3.8) is 0 Å². The SMILES string of the molecule is CC(NC(=O)C(C)(C)C)C(=O)N1CCC(F)(C(=O)O)C1. The molecule has 2 N–H and O–H groups in total. The lowest BCUT2D eigenvalue weighted by atomic mass is 9.95. The molecule has 6 nitrogen and oxygen atoms in total. The summed E-state index contributed by atoms with van der Waals surface area (Å²) in [6, 6.07) is -0.808. The summed E-state index contributed by atoms with van der Waals surface area (Å²) >= 11 is 0. The Balaban J connectivity index is 2.64. The summed E-state index contributed by atoms with van der Waals surface area (Å²) in [4.78, 5) is 35.8. The third-order valence-electron chi connectivity index (χ3n) is 3.31. The third kappa shape index (κ3) is 3.46. The molecule has 2 amide bonds. The van der Waals surface area contributed by atoms with Crippen LogP contribution < -0.4 is 5.32 Å². The van der Waals surface area contributed by atoms with E-state index in [0.29, 0.717) is 0 Å². The minimum atomic E-state index is -2.39. The number of carbonyl (C=O) groups is 3. The zero-order chi connectivity index (χ0) is 15.7. The van der Waals surface area contributed by atoms with E-state index in [4.69, 9.17) is 5.11 Å². The summed E-state index contributed by atoms with van der Waals surface area (Å²) in [5.41, 5.74) is -3.02. The lowest BCUT2D eigenvalue weighted by Gasteiger charge is -2.25. The number of nitrogens with one attached hydrogen (secondary N) is 1. The number of likely N-dealkylation sites (tertiary alicyclic amines) is 1. The van der Waals surface area contributed by atoms with Crippen molar-refractivity contribution in [2.75, 3.05) is 13.1 Å². The van der Waals surface area contributed by atoms with Gasteiger partial charge in [0.2, 0.25) is 17.5 Å². The normalized spacial score (nSPS) is 24.4. The minimum Gasteiger partial charge on any atom is -0.479 e. The number of halogens is 1. The minimum absolute atomic E-state index is 0.0390. The largest absolute Gasteiger partial charge is 0.479 e. The van der Waals surface area contributed by atoms with E-state index in [9.17, 15) is 18.8 Å². The molecule has 1 heterocycles. The van der Waals surface area contributed by atoms with Gasteiger partial charge in [0, 0.05) is 18.4 Å². The van der Waals surface area contributed by atoms with Crippen molar-refractivity contribution < 1.29 is 23.9 Å². The highest BCUT2D eigenvalue weighted by atomic mass is 19.1. The number of carboxylic acid groups (broad SMARTS) is 1. The lowest BCUT2D eigenvalue weighted by molar-refractivity contribution is -0.150. The van der Waals surface area contributed by atoms with E-state index >= 15 is 0 Å². The number of rotatable bonds is 3. The van der Waals surface area contributed by atoms with Crippen LogP contribution in [0.2, 0.25) is 0 Å². The third-order valence-corrected chi connectivity index (χ3v) is 3.31. The maximum absolute atomic E-state index is 13.9. The van der Waals surface area contributed by atoms with Gasteiger partial charge in [-0.25, -0.2) is 9.18 Å². The molecule has 114 valence electrons. The standard InChI is InChI=1S/C13H21FN2O4/c1-8(15-10(18)12(2,3)4)9(17)16-6-5-13(14,7-16)11(19)20/h8H,5-7H2,1-4H3,(H,15,18)(H,19,20). The molecule has 2 atom stereocenters. The lowest BCUT2D eigenvalue weighted by Crippen LogP contribution is -2.50. The highest BCUT2D eigenvalue weighted by Crippen LogP contribution is 2.26. The monoisotopic (exact) mass is 288 g/mol. The Morgan fingerprint density at radius 2 is 1.90 bits per heavy atom. The summed E-state index contributed by atoms with van der Waals surface area (Å²) in [5, 5.41) is 11.3. The Morgan fingerprint density at radius 1 is 1.35 bits per heavy atom. The van der Waals surface area contributed by atoms with E-state index in [1.54, 1.807) is 20.8 Å². The van der Waals surface area contributed by atoms with Gasteiger partial charge in [-0.3, -0.25) is 9.59 Å². The van der Waals surface area contributed by atoms with Gasteiger partial charge in [0.15, 0.2) is 0 Å². The van der Waals surface area contributed by atoms with E-state index in [-0.39, 0.29) is 18.9 Å². The Hall–Kier alpha value is -1.66. The zero-order valence-electron chi connectivity index (χ0n) is 12.2. The molecular weight excluding hydrogens is 267 g/mol. The van der Waals surface area contributed by atoms with Crippen molar-refractivity contribution in [3.05, 3.63) is 0 Å². The second-order valence-electron chi connectivity index (χ2n) is 6.23. The number of alkyl halides is 1. The van der Waals surface area contributed by atoms with E-state index in [0.717, 1.165) is 4.90 Å². The molecule has 1 saturated heterocycles. The van der Waals surface area contributed by atoms with Crippen molar-refractivity contribution in [3.8, 4) is 0 Å². The second-order valence-corrected chi connectivity index (χ2v) is 6.23. The summed E-state index contributed by atoms with van der Waals surface area (Å²) in [6.45, 7) is 6.21. The molecule has 1 fully saturated rings. The molecule has 0 saturated carbocycles. The van der Waals surface area contributed by atoms with Gasteiger partial charge in [-0.05, 0) is 6.92 Å². The van der Waals surface area contributed by atoms with Crippen LogP contribution in [0.5, 0.6) is 0 Å². The number of hydrogen-bond acceptors (Lipinski definition) is 3. The topological polar surface area (TPSA) is 86.7 Å². The maximum atomic E-state index is 13.9. The molecule has 7 heteroatoms.